The van der Waals surface area contributed by atoms with Crippen LogP contribution in [0.25, 0.3) is 0 Å². The van der Waals surface area contributed by atoms with Gasteiger partial charge in [-0.2, -0.15) is 0 Å². The maximum absolute atomic E-state index is 12.0. The number of carbonyl (C=O) groups excluding carboxylic acids is 1. The van der Waals surface area contributed by atoms with Gasteiger partial charge in [0.1, 0.15) is 0 Å². The van der Waals surface area contributed by atoms with E-state index in [1.807, 2.05) is 6.92 Å². The molecule has 1 aromatic heterocycles. The van der Waals surface area contributed by atoms with Crippen LogP contribution >= 0.6 is 0 Å². The number of hydrogen-bond donors (Lipinski definition) is 2. The number of aromatic carboxylic acids is 1. The zero-order valence-corrected chi connectivity index (χ0v) is 13.5. The highest BCUT2D eigenvalue weighted by molar-refractivity contribution is 5.93. The van der Waals surface area contributed by atoms with Crippen LogP contribution in [0.2, 0.25) is 0 Å². The van der Waals surface area contributed by atoms with Gasteiger partial charge in [0.15, 0.2) is 5.76 Å². The minimum absolute atomic E-state index is 0.00408. The number of carboxylic acids is 1. The highest BCUT2D eigenvalue weighted by atomic mass is 16.4. The minimum Gasteiger partial charge on any atom is -0.475 e. The molecule has 2 N–H and O–H groups in total. The Morgan fingerprint density at radius 3 is 2.17 bits per heavy atom. The quantitative estimate of drug-likeness (QED) is 0.855. The summed E-state index contributed by atoms with van der Waals surface area (Å²) in [4.78, 5) is 22.8. The Labute approximate surface area is 135 Å². The van der Waals surface area contributed by atoms with Gasteiger partial charge in [-0.25, -0.2) is 4.79 Å². The van der Waals surface area contributed by atoms with Crippen LogP contribution in [0.4, 0.5) is 0 Å². The first-order valence-electron chi connectivity index (χ1n) is 7.59. The van der Waals surface area contributed by atoms with Gasteiger partial charge < -0.3 is 14.8 Å². The standard InChI is InChI=1S/C18H21NO4/c1-11(2)14-6-4-13(5-7-14)10-12(3)19-17(20)15-8-9-16(23-15)18(21)22/h4-9,11-12H,10H2,1-3H3,(H,19,20)(H,21,22). The van der Waals surface area contributed by atoms with Gasteiger partial charge in [0.2, 0.25) is 5.76 Å². The van der Waals surface area contributed by atoms with Crippen molar-refractivity contribution in [1.29, 1.82) is 0 Å². The second-order valence-corrected chi connectivity index (χ2v) is 5.94. The molecule has 23 heavy (non-hydrogen) atoms. The topological polar surface area (TPSA) is 79.5 Å². The average molecular weight is 315 g/mol. The van der Waals surface area contributed by atoms with Crippen molar-refractivity contribution < 1.29 is 19.1 Å². The number of benzene rings is 1. The summed E-state index contributed by atoms with van der Waals surface area (Å²) in [6.45, 7) is 6.19. The number of carbonyl (C=O) groups is 2. The molecule has 0 aliphatic heterocycles. The van der Waals surface area contributed by atoms with Crippen LogP contribution in [0, 0.1) is 0 Å². The van der Waals surface area contributed by atoms with Crippen molar-refractivity contribution in [2.75, 3.05) is 0 Å². The summed E-state index contributed by atoms with van der Waals surface area (Å²) in [5.41, 5.74) is 2.41. The van der Waals surface area contributed by atoms with Gasteiger partial charge in [-0.1, -0.05) is 38.1 Å². The lowest BCUT2D eigenvalue weighted by atomic mass is 9.99. The van der Waals surface area contributed by atoms with Gasteiger partial charge in [0.05, 0.1) is 0 Å². The van der Waals surface area contributed by atoms with Gasteiger partial charge >= 0.3 is 5.97 Å². The van der Waals surface area contributed by atoms with Crippen molar-refractivity contribution in [3.8, 4) is 0 Å². The van der Waals surface area contributed by atoms with Crippen molar-refractivity contribution in [2.24, 2.45) is 0 Å². The van der Waals surface area contributed by atoms with Gasteiger partial charge in [0, 0.05) is 6.04 Å². The first kappa shape index (κ1) is 16.8. The molecule has 0 saturated carbocycles. The molecule has 0 fully saturated rings. The molecule has 5 heteroatoms. The zero-order valence-electron chi connectivity index (χ0n) is 13.5. The van der Waals surface area contributed by atoms with Crippen molar-refractivity contribution in [1.82, 2.24) is 5.32 Å². The number of carboxylic acid groups (broad SMARTS) is 1. The highest BCUT2D eigenvalue weighted by Gasteiger charge is 2.16. The third-order valence-electron chi connectivity index (χ3n) is 3.61. The van der Waals surface area contributed by atoms with Gasteiger partial charge in [-0.3, -0.25) is 4.79 Å². The molecule has 0 spiro atoms. The van der Waals surface area contributed by atoms with Crippen LogP contribution in [0.3, 0.4) is 0 Å². The molecule has 5 nitrogen and oxygen atoms in total. The molecule has 0 aliphatic rings. The van der Waals surface area contributed by atoms with Crippen molar-refractivity contribution >= 4 is 11.9 Å². The van der Waals surface area contributed by atoms with Gasteiger partial charge in [-0.05, 0) is 42.5 Å². The predicted molar refractivity (Wildman–Crippen MR) is 86.8 cm³/mol. The van der Waals surface area contributed by atoms with Crippen molar-refractivity contribution in [3.05, 3.63) is 59.0 Å². The lowest BCUT2D eigenvalue weighted by Crippen LogP contribution is -2.33. The fraction of sp³-hybridized carbons (Fsp3) is 0.333. The molecule has 1 atom stereocenters. The molecular formula is C18H21NO4. The van der Waals surface area contributed by atoms with Crippen molar-refractivity contribution in [2.45, 2.75) is 39.2 Å². The summed E-state index contributed by atoms with van der Waals surface area (Å²) in [5, 5.41) is 11.6. The van der Waals surface area contributed by atoms with E-state index in [0.717, 1.165) is 5.56 Å². The Bertz CT molecular complexity index is 685. The first-order valence-corrected chi connectivity index (χ1v) is 7.59. The smallest absolute Gasteiger partial charge is 0.371 e. The summed E-state index contributed by atoms with van der Waals surface area (Å²) >= 11 is 0. The van der Waals surface area contributed by atoms with Crippen molar-refractivity contribution in [3.63, 3.8) is 0 Å². The van der Waals surface area contributed by atoms with Crippen LogP contribution in [-0.4, -0.2) is 23.0 Å². The van der Waals surface area contributed by atoms with E-state index in [0.29, 0.717) is 12.3 Å². The first-order chi connectivity index (χ1) is 10.9. The second-order valence-electron chi connectivity index (χ2n) is 5.94. The normalized spacial score (nSPS) is 12.2. The summed E-state index contributed by atoms with van der Waals surface area (Å²) in [7, 11) is 0. The average Bonchev–Trinajstić information content (AvgIpc) is 2.97. The Morgan fingerprint density at radius 1 is 1.04 bits per heavy atom. The lowest BCUT2D eigenvalue weighted by Gasteiger charge is -2.14. The van der Waals surface area contributed by atoms with E-state index in [9.17, 15) is 9.59 Å². The number of hydrogen-bond acceptors (Lipinski definition) is 3. The van der Waals surface area contributed by atoms with Crippen LogP contribution in [0.15, 0.2) is 40.8 Å². The van der Waals surface area contributed by atoms with Gasteiger partial charge in [0.25, 0.3) is 5.91 Å². The molecule has 1 unspecified atom stereocenters. The molecule has 2 aromatic rings. The molecule has 0 saturated heterocycles. The summed E-state index contributed by atoms with van der Waals surface area (Å²) in [6, 6.07) is 10.9. The van der Waals surface area contributed by atoms with Crippen LogP contribution in [-0.2, 0) is 6.42 Å². The van der Waals surface area contributed by atoms with E-state index >= 15 is 0 Å². The lowest BCUT2D eigenvalue weighted by molar-refractivity contribution is 0.0659. The number of nitrogens with one attached hydrogen (secondary N) is 1. The maximum atomic E-state index is 12.0. The van der Waals surface area contributed by atoms with Crippen LogP contribution in [0.5, 0.6) is 0 Å². The van der Waals surface area contributed by atoms with Gasteiger partial charge in [-0.15, -0.1) is 0 Å². The monoisotopic (exact) mass is 315 g/mol. The van der Waals surface area contributed by atoms with E-state index < -0.39 is 11.9 Å². The summed E-state index contributed by atoms with van der Waals surface area (Å²) in [5.74, 6) is -1.36. The fourth-order valence-electron chi connectivity index (χ4n) is 2.31. The largest absolute Gasteiger partial charge is 0.475 e. The highest BCUT2D eigenvalue weighted by Crippen LogP contribution is 2.15. The molecule has 0 radical (unpaired) electrons. The minimum atomic E-state index is -1.19. The maximum Gasteiger partial charge on any atom is 0.371 e. The molecule has 0 bridgehead atoms. The molecule has 1 aromatic carbocycles. The van der Waals surface area contributed by atoms with E-state index in [1.165, 1.54) is 17.7 Å². The molecule has 1 heterocycles. The Balaban J connectivity index is 1.94. The van der Waals surface area contributed by atoms with E-state index in [1.54, 1.807) is 0 Å². The third kappa shape index (κ3) is 4.45. The number of rotatable bonds is 6. The summed E-state index contributed by atoms with van der Waals surface area (Å²) < 4.78 is 4.99. The summed E-state index contributed by atoms with van der Waals surface area (Å²) in [6.07, 6.45) is 0.691. The Hall–Kier alpha value is -2.56. The van der Waals surface area contributed by atoms with E-state index in [2.05, 4.69) is 43.4 Å². The Kier molecular flexibility index (Phi) is 5.21. The SMILES string of the molecule is CC(Cc1ccc(C(C)C)cc1)NC(=O)c1ccc(C(=O)O)o1. The number of amides is 1. The molecular weight excluding hydrogens is 294 g/mol. The van der Waals surface area contributed by atoms with E-state index in [4.69, 9.17) is 9.52 Å². The van der Waals surface area contributed by atoms with E-state index in [-0.39, 0.29) is 17.6 Å². The molecule has 1 amide bonds. The molecule has 0 aliphatic carbocycles. The predicted octanol–water partition coefficient (Wildman–Crippen LogP) is 3.46. The molecule has 2 rings (SSSR count). The third-order valence-corrected chi connectivity index (χ3v) is 3.61. The fourth-order valence-corrected chi connectivity index (χ4v) is 2.31. The molecule has 122 valence electrons. The zero-order chi connectivity index (χ0) is 17.0. The van der Waals surface area contributed by atoms with Crippen LogP contribution < -0.4 is 5.32 Å². The Morgan fingerprint density at radius 2 is 1.65 bits per heavy atom. The second kappa shape index (κ2) is 7.13. The number of furan rings is 1. The van der Waals surface area contributed by atoms with Crippen LogP contribution in [0.1, 0.15) is 58.9 Å².